The van der Waals surface area contributed by atoms with E-state index in [0.717, 1.165) is 11.3 Å². The van der Waals surface area contributed by atoms with Crippen LogP contribution in [0, 0.1) is 0 Å². The van der Waals surface area contributed by atoms with Gasteiger partial charge in [-0.15, -0.1) is 0 Å². The molecule has 7 heteroatoms. The third-order valence-electron chi connectivity index (χ3n) is 4.09. The molecule has 1 saturated heterocycles. The minimum absolute atomic E-state index is 0.222. The molecule has 0 spiro atoms. The lowest BCUT2D eigenvalue weighted by atomic mass is 10.1. The summed E-state index contributed by atoms with van der Waals surface area (Å²) in [5.74, 6) is -1.30. The lowest BCUT2D eigenvalue weighted by molar-refractivity contribution is -0.151. The number of nitrogens with one attached hydrogen (secondary N) is 1. The number of aliphatic carboxylic acids is 1. The van der Waals surface area contributed by atoms with Crippen molar-refractivity contribution in [2.45, 2.75) is 38.0 Å². The molecule has 1 aliphatic rings. The van der Waals surface area contributed by atoms with Crippen LogP contribution in [0.15, 0.2) is 42.7 Å². The minimum atomic E-state index is -1.02. The standard InChI is InChI=1S/C17H19N3O4/c1-11(19-16(21)14-6-7-15(24-14)17(22)23)12-4-2-5-13(10-12)20-9-3-8-18-20/h2-5,8-11,14-15H,6-7H2,1H3,(H,19,21)(H,22,23)/t11?,14-,15+/m0/s1. The number of benzene rings is 1. The zero-order chi connectivity index (χ0) is 17.1. The Morgan fingerprint density at radius 1 is 1.33 bits per heavy atom. The zero-order valence-corrected chi connectivity index (χ0v) is 13.3. The average Bonchev–Trinajstić information content (AvgIpc) is 3.26. The van der Waals surface area contributed by atoms with Crippen LogP contribution >= 0.6 is 0 Å². The van der Waals surface area contributed by atoms with Gasteiger partial charge >= 0.3 is 5.97 Å². The summed E-state index contributed by atoms with van der Waals surface area (Å²) in [7, 11) is 0. The quantitative estimate of drug-likeness (QED) is 0.870. The fraction of sp³-hybridized carbons (Fsp3) is 0.353. The summed E-state index contributed by atoms with van der Waals surface area (Å²) >= 11 is 0. The highest BCUT2D eigenvalue weighted by Gasteiger charge is 2.35. The summed E-state index contributed by atoms with van der Waals surface area (Å²) < 4.78 is 7.02. The number of hydrogen-bond acceptors (Lipinski definition) is 4. The predicted molar refractivity (Wildman–Crippen MR) is 85.7 cm³/mol. The van der Waals surface area contributed by atoms with Crippen LogP contribution in [0.3, 0.4) is 0 Å². The molecule has 126 valence electrons. The Labute approximate surface area is 139 Å². The third kappa shape index (κ3) is 3.46. The molecule has 0 aliphatic carbocycles. The molecule has 1 fully saturated rings. The van der Waals surface area contributed by atoms with E-state index in [1.807, 2.05) is 43.5 Å². The van der Waals surface area contributed by atoms with E-state index in [1.165, 1.54) is 0 Å². The van der Waals surface area contributed by atoms with Crippen molar-refractivity contribution in [3.8, 4) is 5.69 Å². The highest BCUT2D eigenvalue weighted by molar-refractivity contribution is 5.83. The number of hydrogen-bond donors (Lipinski definition) is 2. The maximum Gasteiger partial charge on any atom is 0.332 e. The molecule has 2 aromatic rings. The molecule has 7 nitrogen and oxygen atoms in total. The van der Waals surface area contributed by atoms with Crippen LogP contribution in [-0.4, -0.2) is 39.0 Å². The third-order valence-corrected chi connectivity index (χ3v) is 4.09. The summed E-state index contributed by atoms with van der Waals surface area (Å²) in [5.41, 5.74) is 1.84. The van der Waals surface area contributed by atoms with Crippen molar-refractivity contribution in [3.63, 3.8) is 0 Å². The zero-order valence-electron chi connectivity index (χ0n) is 13.3. The van der Waals surface area contributed by atoms with E-state index < -0.39 is 18.2 Å². The van der Waals surface area contributed by atoms with Crippen LogP contribution in [0.5, 0.6) is 0 Å². The van der Waals surface area contributed by atoms with Crippen molar-refractivity contribution >= 4 is 11.9 Å². The van der Waals surface area contributed by atoms with Gasteiger partial charge in [0, 0.05) is 12.4 Å². The molecule has 0 saturated carbocycles. The van der Waals surface area contributed by atoms with Gasteiger partial charge in [-0.1, -0.05) is 12.1 Å². The fourth-order valence-electron chi connectivity index (χ4n) is 2.76. The second kappa shape index (κ2) is 6.84. The average molecular weight is 329 g/mol. The number of rotatable bonds is 5. The van der Waals surface area contributed by atoms with Crippen molar-refractivity contribution < 1.29 is 19.4 Å². The first kappa shape index (κ1) is 16.2. The van der Waals surface area contributed by atoms with E-state index in [1.54, 1.807) is 10.9 Å². The first-order valence-corrected chi connectivity index (χ1v) is 7.83. The Hall–Kier alpha value is -2.67. The molecule has 1 aliphatic heterocycles. The van der Waals surface area contributed by atoms with Crippen molar-refractivity contribution in [1.82, 2.24) is 15.1 Å². The molecule has 24 heavy (non-hydrogen) atoms. The Kier molecular flexibility index (Phi) is 4.61. The number of carbonyl (C=O) groups is 2. The SMILES string of the molecule is CC(NC(=O)[C@@H]1CC[C@H](C(=O)O)O1)c1cccc(-n2cccn2)c1. The van der Waals surface area contributed by atoms with E-state index in [4.69, 9.17) is 9.84 Å². The molecule has 3 atom stereocenters. The molecule has 1 unspecified atom stereocenters. The lowest BCUT2D eigenvalue weighted by Gasteiger charge is -2.18. The van der Waals surface area contributed by atoms with E-state index >= 15 is 0 Å². The molecule has 1 aromatic heterocycles. The van der Waals surface area contributed by atoms with E-state index in [-0.39, 0.29) is 11.9 Å². The molecule has 0 radical (unpaired) electrons. The summed E-state index contributed by atoms with van der Waals surface area (Å²) in [6, 6.07) is 9.33. The maximum atomic E-state index is 12.3. The van der Waals surface area contributed by atoms with Crippen molar-refractivity contribution in [3.05, 3.63) is 48.3 Å². The van der Waals surface area contributed by atoms with Crippen molar-refractivity contribution in [2.24, 2.45) is 0 Å². The number of carboxylic acids is 1. The van der Waals surface area contributed by atoms with Gasteiger partial charge in [0.2, 0.25) is 5.91 Å². The Bertz CT molecular complexity index is 729. The molecular formula is C17H19N3O4. The van der Waals surface area contributed by atoms with Crippen LogP contribution < -0.4 is 5.32 Å². The van der Waals surface area contributed by atoms with E-state index in [2.05, 4.69) is 10.4 Å². The summed E-state index contributed by atoms with van der Waals surface area (Å²) in [6.45, 7) is 1.88. The molecule has 2 heterocycles. The van der Waals surface area contributed by atoms with Gasteiger partial charge in [0.05, 0.1) is 11.7 Å². The minimum Gasteiger partial charge on any atom is -0.479 e. The number of ether oxygens (including phenoxy) is 1. The Morgan fingerprint density at radius 2 is 2.12 bits per heavy atom. The first-order chi connectivity index (χ1) is 11.5. The van der Waals surface area contributed by atoms with Gasteiger partial charge < -0.3 is 15.2 Å². The van der Waals surface area contributed by atoms with Gasteiger partial charge in [-0.2, -0.15) is 5.10 Å². The monoisotopic (exact) mass is 329 g/mol. The fourth-order valence-corrected chi connectivity index (χ4v) is 2.76. The predicted octanol–water partition coefficient (Wildman–Crippen LogP) is 1.68. The van der Waals surface area contributed by atoms with Gasteiger partial charge in [0.15, 0.2) is 6.10 Å². The molecule has 0 bridgehead atoms. The van der Waals surface area contributed by atoms with Crippen LogP contribution in [0.25, 0.3) is 5.69 Å². The summed E-state index contributed by atoms with van der Waals surface area (Å²) in [5, 5.41) is 16.0. The van der Waals surface area contributed by atoms with Crippen molar-refractivity contribution in [1.29, 1.82) is 0 Å². The number of carboxylic acid groups (broad SMARTS) is 1. The highest BCUT2D eigenvalue weighted by atomic mass is 16.5. The number of amides is 1. The first-order valence-electron chi connectivity index (χ1n) is 7.83. The molecule has 1 aromatic carbocycles. The normalized spacial score (nSPS) is 21.4. The second-order valence-corrected chi connectivity index (χ2v) is 5.80. The Morgan fingerprint density at radius 3 is 2.79 bits per heavy atom. The summed E-state index contributed by atoms with van der Waals surface area (Å²) in [4.78, 5) is 23.2. The van der Waals surface area contributed by atoms with Gasteiger partial charge in [-0.25, -0.2) is 9.48 Å². The highest BCUT2D eigenvalue weighted by Crippen LogP contribution is 2.22. The van der Waals surface area contributed by atoms with E-state index in [9.17, 15) is 9.59 Å². The van der Waals surface area contributed by atoms with Gasteiger partial charge in [0.25, 0.3) is 0 Å². The molecular weight excluding hydrogens is 310 g/mol. The van der Waals surface area contributed by atoms with Gasteiger partial charge in [-0.05, 0) is 43.5 Å². The van der Waals surface area contributed by atoms with Crippen LogP contribution in [0.1, 0.15) is 31.4 Å². The largest absolute Gasteiger partial charge is 0.479 e. The molecule has 2 N–H and O–H groups in total. The van der Waals surface area contributed by atoms with E-state index in [0.29, 0.717) is 12.8 Å². The number of aromatic nitrogens is 2. The smallest absolute Gasteiger partial charge is 0.332 e. The topological polar surface area (TPSA) is 93.5 Å². The summed E-state index contributed by atoms with van der Waals surface area (Å²) in [6.07, 6.45) is 2.73. The second-order valence-electron chi connectivity index (χ2n) is 5.80. The molecule has 3 rings (SSSR count). The van der Waals surface area contributed by atoms with Crippen LogP contribution in [-0.2, 0) is 14.3 Å². The van der Waals surface area contributed by atoms with Gasteiger partial charge in [0.1, 0.15) is 6.10 Å². The van der Waals surface area contributed by atoms with Gasteiger partial charge in [-0.3, -0.25) is 4.79 Å². The number of nitrogens with zero attached hydrogens (tertiary/aromatic N) is 2. The lowest BCUT2D eigenvalue weighted by Crippen LogP contribution is -2.37. The maximum absolute atomic E-state index is 12.3. The van der Waals surface area contributed by atoms with Crippen LogP contribution in [0.2, 0.25) is 0 Å². The van der Waals surface area contributed by atoms with Crippen LogP contribution in [0.4, 0.5) is 0 Å². The van der Waals surface area contributed by atoms with Crippen molar-refractivity contribution in [2.75, 3.05) is 0 Å². The number of carbonyl (C=O) groups excluding carboxylic acids is 1. The molecule has 1 amide bonds. The Balaban J connectivity index is 1.65.